The molecule has 1 aliphatic rings. The number of fused-ring (bicyclic) bond motifs is 1. The maximum absolute atomic E-state index is 12.5. The van der Waals surface area contributed by atoms with E-state index in [0.717, 1.165) is 37.0 Å². The summed E-state index contributed by atoms with van der Waals surface area (Å²) >= 11 is 0. The first-order valence-corrected chi connectivity index (χ1v) is 9.19. The van der Waals surface area contributed by atoms with Crippen LogP contribution in [0.15, 0.2) is 51.7 Å². The van der Waals surface area contributed by atoms with E-state index in [2.05, 4.69) is 15.3 Å². The largest absolute Gasteiger partial charge is 0.451 e. The topological polar surface area (TPSA) is 80.4 Å². The van der Waals surface area contributed by atoms with Crippen LogP contribution in [0, 0.1) is 0 Å². The average Bonchev–Trinajstić information content (AvgIpc) is 3.13. The quantitative estimate of drug-likeness (QED) is 0.766. The van der Waals surface area contributed by atoms with Gasteiger partial charge in [-0.3, -0.25) is 9.59 Å². The van der Waals surface area contributed by atoms with Crippen LogP contribution in [0.5, 0.6) is 0 Å². The Morgan fingerprint density at radius 2 is 2.11 bits per heavy atom. The highest BCUT2D eigenvalue weighted by atomic mass is 16.3. The Bertz CT molecular complexity index is 990. The number of rotatable bonds is 4. The van der Waals surface area contributed by atoms with Gasteiger partial charge in [-0.2, -0.15) is 5.10 Å². The molecule has 1 amide bonds. The molecule has 0 radical (unpaired) electrons. The summed E-state index contributed by atoms with van der Waals surface area (Å²) in [6, 6.07) is 12.7. The number of nitrogens with one attached hydrogen (secondary N) is 1. The van der Waals surface area contributed by atoms with Gasteiger partial charge in [0.1, 0.15) is 11.4 Å². The smallest absolute Gasteiger partial charge is 0.287 e. The number of carbonyl (C=O) groups excluding carboxylic acids is 1. The summed E-state index contributed by atoms with van der Waals surface area (Å²) in [5.41, 5.74) is 0.571. The number of aryl methyl sites for hydroxylation is 1. The van der Waals surface area contributed by atoms with Gasteiger partial charge in [-0.15, -0.1) is 0 Å². The van der Waals surface area contributed by atoms with E-state index in [-0.39, 0.29) is 17.5 Å². The Morgan fingerprint density at radius 3 is 2.93 bits per heavy atom. The molecule has 1 fully saturated rings. The van der Waals surface area contributed by atoms with Crippen LogP contribution in [0.1, 0.15) is 29.8 Å². The molecule has 1 atom stereocenters. The van der Waals surface area contributed by atoms with E-state index in [0.29, 0.717) is 17.9 Å². The normalized spacial score (nSPS) is 17.2. The number of furan rings is 1. The van der Waals surface area contributed by atoms with Crippen molar-refractivity contribution < 1.29 is 9.21 Å². The van der Waals surface area contributed by atoms with Crippen LogP contribution in [0.4, 0.5) is 5.82 Å². The molecule has 27 heavy (non-hydrogen) atoms. The molecule has 1 unspecified atom stereocenters. The number of aromatic nitrogens is 2. The Hall–Kier alpha value is -3.09. The third-order valence-corrected chi connectivity index (χ3v) is 5.02. The molecule has 1 aromatic carbocycles. The number of amides is 1. The number of anilines is 1. The Balaban J connectivity index is 1.47. The highest BCUT2D eigenvalue weighted by Gasteiger charge is 2.25. The summed E-state index contributed by atoms with van der Waals surface area (Å²) in [6.45, 7) is 1.36. The van der Waals surface area contributed by atoms with Gasteiger partial charge in [0.2, 0.25) is 0 Å². The molecule has 140 valence electrons. The first-order valence-electron chi connectivity index (χ1n) is 9.19. The van der Waals surface area contributed by atoms with Gasteiger partial charge >= 0.3 is 0 Å². The molecule has 0 bridgehead atoms. The van der Waals surface area contributed by atoms with E-state index in [1.165, 1.54) is 10.7 Å². The lowest BCUT2D eigenvalue weighted by molar-refractivity contribution is 0.0924. The second kappa shape index (κ2) is 7.26. The molecule has 1 saturated heterocycles. The summed E-state index contributed by atoms with van der Waals surface area (Å²) in [7, 11) is 1.65. The predicted octanol–water partition coefficient (Wildman–Crippen LogP) is 2.32. The summed E-state index contributed by atoms with van der Waals surface area (Å²) in [5.74, 6) is 0.865. The van der Waals surface area contributed by atoms with Crippen molar-refractivity contribution in [3.05, 3.63) is 58.6 Å². The van der Waals surface area contributed by atoms with Crippen molar-refractivity contribution in [1.29, 1.82) is 0 Å². The zero-order valence-electron chi connectivity index (χ0n) is 15.2. The van der Waals surface area contributed by atoms with Gasteiger partial charge in [-0.1, -0.05) is 18.2 Å². The molecule has 3 heterocycles. The molecule has 4 rings (SSSR count). The number of piperidine rings is 1. The molecule has 1 N–H and O–H groups in total. The average molecular weight is 366 g/mol. The third kappa shape index (κ3) is 3.58. The maximum atomic E-state index is 12.5. The number of hydrogen-bond acceptors (Lipinski definition) is 5. The van der Waals surface area contributed by atoms with Crippen molar-refractivity contribution in [2.24, 2.45) is 7.05 Å². The SMILES string of the molecule is Cn1nc(N2CCCCC2CNC(=O)c2cc3ccccc3o2)ccc1=O. The van der Waals surface area contributed by atoms with Gasteiger partial charge < -0.3 is 14.6 Å². The summed E-state index contributed by atoms with van der Waals surface area (Å²) < 4.78 is 6.98. The molecule has 3 aromatic rings. The number of hydrogen-bond donors (Lipinski definition) is 1. The Morgan fingerprint density at radius 1 is 1.26 bits per heavy atom. The summed E-state index contributed by atoms with van der Waals surface area (Å²) in [4.78, 5) is 26.3. The minimum absolute atomic E-state index is 0.134. The van der Waals surface area contributed by atoms with Crippen LogP contribution in [0.2, 0.25) is 0 Å². The summed E-state index contributed by atoms with van der Waals surface area (Å²) in [6.07, 6.45) is 3.14. The molecule has 1 aliphatic heterocycles. The molecular weight excluding hydrogens is 344 g/mol. The second-order valence-corrected chi connectivity index (χ2v) is 6.85. The van der Waals surface area contributed by atoms with Crippen molar-refractivity contribution in [1.82, 2.24) is 15.1 Å². The minimum Gasteiger partial charge on any atom is -0.451 e. The minimum atomic E-state index is -0.217. The number of carbonyl (C=O) groups is 1. The first-order chi connectivity index (χ1) is 13.1. The van der Waals surface area contributed by atoms with E-state index in [4.69, 9.17) is 4.42 Å². The maximum Gasteiger partial charge on any atom is 0.287 e. The van der Waals surface area contributed by atoms with Crippen molar-refractivity contribution in [2.45, 2.75) is 25.3 Å². The molecule has 2 aromatic heterocycles. The molecule has 7 heteroatoms. The number of nitrogens with zero attached hydrogens (tertiary/aromatic N) is 3. The van der Waals surface area contributed by atoms with Crippen LogP contribution >= 0.6 is 0 Å². The number of benzene rings is 1. The van der Waals surface area contributed by atoms with Crippen molar-refractivity contribution >= 4 is 22.7 Å². The zero-order chi connectivity index (χ0) is 18.8. The molecule has 7 nitrogen and oxygen atoms in total. The van der Waals surface area contributed by atoms with E-state index in [1.54, 1.807) is 19.2 Å². The van der Waals surface area contributed by atoms with E-state index in [1.807, 2.05) is 24.3 Å². The fraction of sp³-hybridized carbons (Fsp3) is 0.350. The predicted molar refractivity (Wildman–Crippen MR) is 103 cm³/mol. The van der Waals surface area contributed by atoms with E-state index in [9.17, 15) is 9.59 Å². The fourth-order valence-electron chi connectivity index (χ4n) is 3.55. The van der Waals surface area contributed by atoms with E-state index >= 15 is 0 Å². The van der Waals surface area contributed by atoms with Gasteiger partial charge in [-0.05, 0) is 37.5 Å². The molecule has 0 aliphatic carbocycles. The lowest BCUT2D eigenvalue weighted by atomic mass is 10.0. The van der Waals surface area contributed by atoms with Crippen LogP contribution in [0.25, 0.3) is 11.0 Å². The first kappa shape index (κ1) is 17.3. The van der Waals surface area contributed by atoms with Gasteiger partial charge in [0.25, 0.3) is 11.5 Å². The van der Waals surface area contributed by atoms with E-state index < -0.39 is 0 Å². The highest BCUT2D eigenvalue weighted by Crippen LogP contribution is 2.22. The van der Waals surface area contributed by atoms with Crippen molar-refractivity contribution in [2.75, 3.05) is 18.0 Å². The molecule has 0 saturated carbocycles. The third-order valence-electron chi connectivity index (χ3n) is 5.02. The highest BCUT2D eigenvalue weighted by molar-refractivity contribution is 5.96. The Kier molecular flexibility index (Phi) is 4.66. The zero-order valence-corrected chi connectivity index (χ0v) is 15.2. The van der Waals surface area contributed by atoms with Crippen molar-refractivity contribution in [3.8, 4) is 0 Å². The molecular formula is C20H22N4O3. The van der Waals surface area contributed by atoms with Gasteiger partial charge in [0.05, 0.1) is 0 Å². The monoisotopic (exact) mass is 366 g/mol. The van der Waals surface area contributed by atoms with Gasteiger partial charge in [0, 0.05) is 37.6 Å². The summed E-state index contributed by atoms with van der Waals surface area (Å²) in [5, 5.41) is 8.26. The van der Waals surface area contributed by atoms with Crippen LogP contribution in [-0.4, -0.2) is 34.8 Å². The van der Waals surface area contributed by atoms with Crippen LogP contribution in [-0.2, 0) is 7.05 Å². The number of para-hydroxylation sites is 1. The van der Waals surface area contributed by atoms with Crippen molar-refractivity contribution in [3.63, 3.8) is 0 Å². The van der Waals surface area contributed by atoms with Gasteiger partial charge in [-0.25, -0.2) is 4.68 Å². The lowest BCUT2D eigenvalue weighted by Crippen LogP contribution is -2.47. The molecule has 0 spiro atoms. The second-order valence-electron chi connectivity index (χ2n) is 6.85. The standard InChI is InChI=1S/C20H22N4O3/c1-23-19(25)10-9-18(22-23)24-11-5-4-7-15(24)13-21-20(26)17-12-14-6-2-3-8-16(14)27-17/h2-3,6,8-10,12,15H,4-5,7,11,13H2,1H3,(H,21,26). The van der Waals surface area contributed by atoms with Crippen LogP contribution < -0.4 is 15.8 Å². The van der Waals surface area contributed by atoms with Crippen LogP contribution in [0.3, 0.4) is 0 Å². The van der Waals surface area contributed by atoms with Gasteiger partial charge in [0.15, 0.2) is 5.76 Å². The lowest BCUT2D eigenvalue weighted by Gasteiger charge is -2.36. The Labute approximate surface area is 156 Å². The fourth-order valence-corrected chi connectivity index (χ4v) is 3.55.